The zero-order chi connectivity index (χ0) is 10.1. The summed E-state index contributed by atoms with van der Waals surface area (Å²) in [6.45, 7) is 6.37. The molecule has 2 nitrogen and oxygen atoms in total. The van der Waals surface area contributed by atoms with Crippen molar-refractivity contribution in [3.63, 3.8) is 0 Å². The van der Waals surface area contributed by atoms with Gasteiger partial charge in [0.05, 0.1) is 0 Å². The van der Waals surface area contributed by atoms with E-state index in [-0.39, 0.29) is 23.9 Å². The third-order valence-electron chi connectivity index (χ3n) is 2.06. The van der Waals surface area contributed by atoms with E-state index in [9.17, 15) is 0 Å². The number of aromatic nitrogens is 1. The monoisotopic (exact) mass is 278 g/mol. The van der Waals surface area contributed by atoms with Gasteiger partial charge in [-0.25, -0.2) is 4.98 Å². The Balaban J connectivity index is 0.00000169. The summed E-state index contributed by atoms with van der Waals surface area (Å²) in [7, 11) is 0. The summed E-state index contributed by atoms with van der Waals surface area (Å²) in [5.74, 6) is 0. The quantitative estimate of drug-likeness (QED) is 0.801. The Morgan fingerprint density at radius 3 is 2.43 bits per heavy atom. The Bertz CT molecular complexity index is 296. The molecule has 0 radical (unpaired) electrons. The maximum atomic E-state index is 6.10. The molecule has 0 saturated carbocycles. The van der Waals surface area contributed by atoms with Crippen molar-refractivity contribution in [2.45, 2.75) is 26.8 Å². The van der Waals surface area contributed by atoms with Crippen molar-refractivity contribution in [2.75, 3.05) is 0 Å². The maximum absolute atomic E-state index is 6.10. The second-order valence-corrected chi connectivity index (χ2v) is 4.98. The van der Waals surface area contributed by atoms with Crippen LogP contribution in [0.2, 0.25) is 0 Å². The lowest BCUT2D eigenvalue weighted by molar-refractivity contribution is 0.325. The molecule has 1 aromatic heterocycles. The van der Waals surface area contributed by atoms with Crippen LogP contribution in [-0.4, -0.2) is 4.98 Å². The molecular formula is C10H16BrClN2. The second-order valence-electron chi connectivity index (χ2n) is 4.23. The van der Waals surface area contributed by atoms with Crippen molar-refractivity contribution in [1.82, 2.24) is 4.98 Å². The molecule has 1 rings (SSSR count). The number of rotatable bonds is 1. The van der Waals surface area contributed by atoms with Gasteiger partial charge in [-0.15, -0.1) is 12.4 Å². The van der Waals surface area contributed by atoms with Crippen LogP contribution < -0.4 is 5.73 Å². The molecule has 80 valence electrons. The van der Waals surface area contributed by atoms with E-state index < -0.39 is 0 Å². The molecular weight excluding hydrogens is 263 g/mol. The minimum Gasteiger partial charge on any atom is -0.323 e. The first kappa shape index (κ1) is 13.9. The van der Waals surface area contributed by atoms with Gasteiger partial charge in [0, 0.05) is 17.8 Å². The fraction of sp³-hybridized carbons (Fsp3) is 0.500. The summed E-state index contributed by atoms with van der Waals surface area (Å²) in [6, 6.07) is 3.93. The second kappa shape index (κ2) is 5.10. The standard InChI is InChI=1S/C10H15BrN2.ClH/c1-10(2,3)8(12)7-5-4-6-13-9(7)11;/h4-6,8H,12H2,1-3H3;1H/t8-;/m0./s1. The van der Waals surface area contributed by atoms with E-state index >= 15 is 0 Å². The molecule has 0 fully saturated rings. The number of hydrogen-bond acceptors (Lipinski definition) is 2. The van der Waals surface area contributed by atoms with Gasteiger partial charge in [-0.1, -0.05) is 26.8 Å². The molecule has 0 aliphatic carbocycles. The van der Waals surface area contributed by atoms with Crippen LogP contribution in [0, 0.1) is 5.41 Å². The molecule has 0 unspecified atom stereocenters. The number of nitrogens with two attached hydrogens (primary N) is 1. The van der Waals surface area contributed by atoms with Crippen molar-refractivity contribution in [3.8, 4) is 0 Å². The Kier molecular flexibility index (Phi) is 5.06. The van der Waals surface area contributed by atoms with Gasteiger partial charge >= 0.3 is 0 Å². The van der Waals surface area contributed by atoms with Crippen LogP contribution in [0.4, 0.5) is 0 Å². The summed E-state index contributed by atoms with van der Waals surface area (Å²) in [4.78, 5) is 4.15. The van der Waals surface area contributed by atoms with E-state index in [1.54, 1.807) is 6.20 Å². The summed E-state index contributed by atoms with van der Waals surface area (Å²) in [5, 5.41) is 0. The molecule has 4 heteroatoms. The molecule has 0 bridgehead atoms. The van der Waals surface area contributed by atoms with Gasteiger partial charge in [0.2, 0.25) is 0 Å². The largest absolute Gasteiger partial charge is 0.323 e. The summed E-state index contributed by atoms with van der Waals surface area (Å²) in [5.41, 5.74) is 7.23. The van der Waals surface area contributed by atoms with Crippen LogP contribution >= 0.6 is 28.3 Å². The highest BCUT2D eigenvalue weighted by Crippen LogP contribution is 2.33. The fourth-order valence-corrected chi connectivity index (χ4v) is 1.59. The molecule has 1 atom stereocenters. The first-order valence-corrected chi connectivity index (χ1v) is 5.08. The number of halogens is 2. The maximum Gasteiger partial charge on any atom is 0.110 e. The Morgan fingerprint density at radius 1 is 1.43 bits per heavy atom. The van der Waals surface area contributed by atoms with Gasteiger partial charge in [-0.05, 0) is 27.4 Å². The Morgan fingerprint density at radius 2 is 2.00 bits per heavy atom. The molecule has 1 heterocycles. The lowest BCUT2D eigenvalue weighted by Crippen LogP contribution is -2.26. The molecule has 0 aromatic carbocycles. The fourth-order valence-electron chi connectivity index (χ4n) is 1.10. The number of nitrogens with zero attached hydrogens (tertiary/aromatic N) is 1. The van der Waals surface area contributed by atoms with E-state index in [1.807, 2.05) is 12.1 Å². The van der Waals surface area contributed by atoms with Crippen molar-refractivity contribution in [1.29, 1.82) is 0 Å². The van der Waals surface area contributed by atoms with Crippen LogP contribution in [0.5, 0.6) is 0 Å². The molecule has 14 heavy (non-hydrogen) atoms. The lowest BCUT2D eigenvalue weighted by Gasteiger charge is -2.27. The number of pyridine rings is 1. The summed E-state index contributed by atoms with van der Waals surface area (Å²) >= 11 is 3.40. The van der Waals surface area contributed by atoms with Gasteiger partial charge < -0.3 is 5.73 Å². The van der Waals surface area contributed by atoms with E-state index in [0.29, 0.717) is 0 Å². The predicted molar refractivity (Wildman–Crippen MR) is 65.6 cm³/mol. The Labute approximate surface area is 99.8 Å². The molecule has 0 aliphatic rings. The molecule has 0 saturated heterocycles. The SMILES string of the molecule is CC(C)(C)[C@@H](N)c1cccnc1Br.Cl. The van der Waals surface area contributed by atoms with Crippen LogP contribution in [-0.2, 0) is 0 Å². The van der Waals surface area contributed by atoms with Gasteiger partial charge in [0.15, 0.2) is 0 Å². The highest BCUT2D eigenvalue weighted by atomic mass is 79.9. The van der Waals surface area contributed by atoms with E-state index in [2.05, 4.69) is 41.7 Å². The van der Waals surface area contributed by atoms with Gasteiger partial charge in [0.1, 0.15) is 4.60 Å². The van der Waals surface area contributed by atoms with E-state index in [0.717, 1.165) is 10.2 Å². The zero-order valence-electron chi connectivity index (χ0n) is 8.62. The first-order valence-electron chi connectivity index (χ1n) is 4.29. The van der Waals surface area contributed by atoms with Crippen LogP contribution in [0.3, 0.4) is 0 Å². The highest BCUT2D eigenvalue weighted by Gasteiger charge is 2.23. The summed E-state index contributed by atoms with van der Waals surface area (Å²) in [6.07, 6.45) is 1.75. The number of hydrogen-bond donors (Lipinski definition) is 1. The molecule has 0 amide bonds. The van der Waals surface area contributed by atoms with Crippen molar-refractivity contribution in [2.24, 2.45) is 11.1 Å². The average molecular weight is 280 g/mol. The molecule has 0 spiro atoms. The average Bonchev–Trinajstić information content (AvgIpc) is 2.02. The van der Waals surface area contributed by atoms with Gasteiger partial charge in [0.25, 0.3) is 0 Å². The molecule has 0 aliphatic heterocycles. The minimum atomic E-state index is 0. The van der Waals surface area contributed by atoms with Crippen LogP contribution in [0.15, 0.2) is 22.9 Å². The van der Waals surface area contributed by atoms with Gasteiger partial charge in [-0.2, -0.15) is 0 Å². The smallest absolute Gasteiger partial charge is 0.110 e. The topological polar surface area (TPSA) is 38.9 Å². The third-order valence-corrected chi connectivity index (χ3v) is 2.72. The van der Waals surface area contributed by atoms with Crippen molar-refractivity contribution in [3.05, 3.63) is 28.5 Å². The van der Waals surface area contributed by atoms with E-state index in [4.69, 9.17) is 5.73 Å². The lowest BCUT2D eigenvalue weighted by atomic mass is 9.84. The summed E-state index contributed by atoms with van der Waals surface area (Å²) < 4.78 is 0.845. The molecule has 2 N–H and O–H groups in total. The third kappa shape index (κ3) is 3.23. The predicted octanol–water partition coefficient (Wildman–Crippen LogP) is 3.31. The normalized spacial score (nSPS) is 13.2. The van der Waals surface area contributed by atoms with Gasteiger partial charge in [-0.3, -0.25) is 0 Å². The molecule has 1 aromatic rings. The minimum absolute atomic E-state index is 0. The highest BCUT2D eigenvalue weighted by molar-refractivity contribution is 9.10. The van der Waals surface area contributed by atoms with Crippen molar-refractivity contribution < 1.29 is 0 Å². The first-order chi connectivity index (χ1) is 5.93. The van der Waals surface area contributed by atoms with Crippen molar-refractivity contribution >= 4 is 28.3 Å². The van der Waals surface area contributed by atoms with E-state index in [1.165, 1.54) is 0 Å². The Hall–Kier alpha value is -0.120. The zero-order valence-corrected chi connectivity index (χ0v) is 11.0. The van der Waals surface area contributed by atoms with Crippen LogP contribution in [0.1, 0.15) is 32.4 Å². The van der Waals surface area contributed by atoms with Crippen LogP contribution in [0.25, 0.3) is 0 Å².